The van der Waals surface area contributed by atoms with E-state index in [1.165, 1.54) is 0 Å². The number of carboxylic acids is 1. The molecule has 0 fully saturated rings. The van der Waals surface area contributed by atoms with Gasteiger partial charge in [-0.15, -0.1) is 0 Å². The summed E-state index contributed by atoms with van der Waals surface area (Å²) >= 11 is 0. The molecule has 100 valence electrons. The first kappa shape index (κ1) is 15.9. The van der Waals surface area contributed by atoms with Gasteiger partial charge in [0.2, 0.25) is 5.91 Å². The van der Waals surface area contributed by atoms with E-state index in [0.717, 1.165) is 6.54 Å². The lowest BCUT2D eigenvalue weighted by Gasteiger charge is -2.25. The van der Waals surface area contributed by atoms with Gasteiger partial charge in [-0.25, -0.2) is 0 Å². The Morgan fingerprint density at radius 2 is 1.88 bits per heavy atom. The van der Waals surface area contributed by atoms with Gasteiger partial charge in [-0.1, -0.05) is 0 Å². The summed E-state index contributed by atoms with van der Waals surface area (Å²) in [4.78, 5) is 23.9. The number of rotatable bonds is 9. The first-order valence-corrected chi connectivity index (χ1v) is 6.19. The van der Waals surface area contributed by atoms with Crippen molar-refractivity contribution in [1.82, 2.24) is 10.2 Å². The van der Waals surface area contributed by atoms with E-state index in [1.54, 1.807) is 0 Å². The smallest absolute Gasteiger partial charge is 0.303 e. The monoisotopic (exact) mass is 244 g/mol. The maximum atomic E-state index is 11.3. The molecule has 0 unspecified atom stereocenters. The molecule has 1 amide bonds. The van der Waals surface area contributed by atoms with E-state index in [-0.39, 0.29) is 12.3 Å². The van der Waals surface area contributed by atoms with Gasteiger partial charge in [-0.05, 0) is 33.7 Å². The van der Waals surface area contributed by atoms with Gasteiger partial charge in [0.05, 0.1) is 0 Å². The Morgan fingerprint density at radius 1 is 1.24 bits per heavy atom. The molecule has 0 aromatic carbocycles. The van der Waals surface area contributed by atoms with Crippen LogP contribution in [-0.2, 0) is 9.59 Å². The van der Waals surface area contributed by atoms with Crippen molar-refractivity contribution in [1.29, 1.82) is 0 Å². The fourth-order valence-electron chi connectivity index (χ4n) is 1.59. The van der Waals surface area contributed by atoms with Crippen molar-refractivity contribution in [3.63, 3.8) is 0 Å². The molecule has 0 bridgehead atoms. The molecule has 0 aromatic heterocycles. The van der Waals surface area contributed by atoms with E-state index in [0.29, 0.717) is 32.0 Å². The largest absolute Gasteiger partial charge is 0.481 e. The standard InChI is InChI=1S/C12H24N2O3/c1-4-13-11(15)7-9-14(10(2)3)8-5-6-12(16)17/h10H,4-9H2,1-3H3,(H,13,15)(H,16,17). The average Bonchev–Trinajstić information content (AvgIpc) is 2.22. The van der Waals surface area contributed by atoms with Gasteiger partial charge in [0.1, 0.15) is 0 Å². The molecular formula is C12H24N2O3. The maximum absolute atomic E-state index is 11.3. The number of hydrogen-bond donors (Lipinski definition) is 2. The topological polar surface area (TPSA) is 69.6 Å². The Hall–Kier alpha value is -1.10. The second-order valence-electron chi connectivity index (χ2n) is 4.33. The molecule has 0 aliphatic rings. The number of carbonyl (C=O) groups excluding carboxylic acids is 1. The molecule has 2 N–H and O–H groups in total. The molecule has 0 saturated heterocycles. The Balaban J connectivity index is 3.90. The van der Waals surface area contributed by atoms with E-state index >= 15 is 0 Å². The van der Waals surface area contributed by atoms with Crippen LogP contribution in [0.3, 0.4) is 0 Å². The predicted octanol–water partition coefficient (Wildman–Crippen LogP) is 1.09. The normalized spacial score (nSPS) is 10.9. The van der Waals surface area contributed by atoms with Crippen LogP contribution >= 0.6 is 0 Å². The van der Waals surface area contributed by atoms with Crippen LogP contribution in [0.25, 0.3) is 0 Å². The highest BCUT2D eigenvalue weighted by molar-refractivity contribution is 5.75. The van der Waals surface area contributed by atoms with Crippen LogP contribution in [0.4, 0.5) is 0 Å². The zero-order valence-corrected chi connectivity index (χ0v) is 11.0. The van der Waals surface area contributed by atoms with Crippen molar-refractivity contribution in [2.45, 2.75) is 46.1 Å². The Labute approximate surface area is 103 Å². The van der Waals surface area contributed by atoms with Crippen molar-refractivity contribution in [3.8, 4) is 0 Å². The lowest BCUT2D eigenvalue weighted by molar-refractivity contribution is -0.137. The molecule has 17 heavy (non-hydrogen) atoms. The molecule has 0 radical (unpaired) electrons. The van der Waals surface area contributed by atoms with Crippen molar-refractivity contribution < 1.29 is 14.7 Å². The van der Waals surface area contributed by atoms with Gasteiger partial charge < -0.3 is 15.3 Å². The third kappa shape index (κ3) is 8.68. The summed E-state index contributed by atoms with van der Waals surface area (Å²) in [7, 11) is 0. The summed E-state index contributed by atoms with van der Waals surface area (Å²) < 4.78 is 0. The zero-order valence-electron chi connectivity index (χ0n) is 11.0. The number of amides is 1. The second kappa shape index (κ2) is 8.98. The third-order valence-electron chi connectivity index (χ3n) is 2.57. The number of nitrogens with zero attached hydrogens (tertiary/aromatic N) is 1. The summed E-state index contributed by atoms with van der Waals surface area (Å²) in [6.07, 6.45) is 1.28. The van der Waals surface area contributed by atoms with Crippen molar-refractivity contribution >= 4 is 11.9 Å². The lowest BCUT2D eigenvalue weighted by atomic mass is 10.2. The van der Waals surface area contributed by atoms with Gasteiger partial charge >= 0.3 is 5.97 Å². The highest BCUT2D eigenvalue weighted by Crippen LogP contribution is 2.03. The first-order chi connectivity index (χ1) is 7.97. The highest BCUT2D eigenvalue weighted by atomic mass is 16.4. The van der Waals surface area contributed by atoms with Gasteiger partial charge in [-0.3, -0.25) is 9.59 Å². The fraction of sp³-hybridized carbons (Fsp3) is 0.833. The SMILES string of the molecule is CCNC(=O)CCN(CCCC(=O)O)C(C)C. The second-order valence-corrected chi connectivity index (χ2v) is 4.33. The number of carboxylic acid groups (broad SMARTS) is 1. The van der Waals surface area contributed by atoms with Crippen LogP contribution in [0.5, 0.6) is 0 Å². The number of nitrogens with one attached hydrogen (secondary N) is 1. The van der Waals surface area contributed by atoms with E-state index in [1.807, 2.05) is 6.92 Å². The average molecular weight is 244 g/mol. The molecule has 0 heterocycles. The minimum absolute atomic E-state index is 0.0522. The molecular weight excluding hydrogens is 220 g/mol. The minimum Gasteiger partial charge on any atom is -0.481 e. The summed E-state index contributed by atoms with van der Waals surface area (Å²) in [6.45, 7) is 8.06. The Bertz CT molecular complexity index is 242. The Morgan fingerprint density at radius 3 is 2.35 bits per heavy atom. The molecule has 0 aliphatic carbocycles. The van der Waals surface area contributed by atoms with Gasteiger partial charge in [0, 0.05) is 32.0 Å². The predicted molar refractivity (Wildman–Crippen MR) is 66.9 cm³/mol. The van der Waals surface area contributed by atoms with E-state index in [2.05, 4.69) is 24.1 Å². The molecule has 0 saturated carbocycles. The molecule has 0 atom stereocenters. The zero-order chi connectivity index (χ0) is 13.3. The Kier molecular flexibility index (Phi) is 8.40. The molecule has 0 rings (SSSR count). The van der Waals surface area contributed by atoms with Gasteiger partial charge in [-0.2, -0.15) is 0 Å². The minimum atomic E-state index is -0.766. The van der Waals surface area contributed by atoms with Crippen molar-refractivity contribution in [2.24, 2.45) is 0 Å². The van der Waals surface area contributed by atoms with E-state index in [9.17, 15) is 9.59 Å². The lowest BCUT2D eigenvalue weighted by Crippen LogP contribution is -2.36. The van der Waals surface area contributed by atoms with Crippen molar-refractivity contribution in [2.75, 3.05) is 19.6 Å². The summed E-state index contributed by atoms with van der Waals surface area (Å²) in [6, 6.07) is 0.332. The number of hydrogen-bond acceptors (Lipinski definition) is 3. The number of carbonyl (C=O) groups is 2. The van der Waals surface area contributed by atoms with Crippen LogP contribution in [0.15, 0.2) is 0 Å². The molecule has 5 heteroatoms. The van der Waals surface area contributed by atoms with Crippen LogP contribution in [0, 0.1) is 0 Å². The summed E-state index contributed by atoms with van der Waals surface area (Å²) in [5.74, 6) is -0.714. The van der Waals surface area contributed by atoms with Crippen molar-refractivity contribution in [3.05, 3.63) is 0 Å². The maximum Gasteiger partial charge on any atom is 0.303 e. The molecule has 0 spiro atoms. The quantitative estimate of drug-likeness (QED) is 0.637. The van der Waals surface area contributed by atoms with Crippen LogP contribution in [-0.4, -0.2) is 47.6 Å². The summed E-state index contributed by atoms with van der Waals surface area (Å²) in [5, 5.41) is 11.3. The molecule has 0 aromatic rings. The third-order valence-corrected chi connectivity index (χ3v) is 2.57. The number of aliphatic carboxylic acids is 1. The van der Waals surface area contributed by atoms with E-state index in [4.69, 9.17) is 5.11 Å². The fourth-order valence-corrected chi connectivity index (χ4v) is 1.59. The highest BCUT2D eigenvalue weighted by Gasteiger charge is 2.11. The van der Waals surface area contributed by atoms with Gasteiger partial charge in [0.15, 0.2) is 0 Å². The first-order valence-electron chi connectivity index (χ1n) is 6.19. The van der Waals surface area contributed by atoms with Crippen LogP contribution < -0.4 is 5.32 Å². The van der Waals surface area contributed by atoms with E-state index < -0.39 is 5.97 Å². The van der Waals surface area contributed by atoms with Crippen LogP contribution in [0.2, 0.25) is 0 Å². The summed E-state index contributed by atoms with van der Waals surface area (Å²) in [5.41, 5.74) is 0. The molecule has 5 nitrogen and oxygen atoms in total. The molecule has 0 aliphatic heterocycles. The van der Waals surface area contributed by atoms with Gasteiger partial charge in [0.25, 0.3) is 0 Å². The van der Waals surface area contributed by atoms with Crippen LogP contribution in [0.1, 0.15) is 40.0 Å².